The maximum absolute atomic E-state index is 12.1. The Morgan fingerprint density at radius 1 is 1.27 bits per heavy atom. The zero-order valence-electron chi connectivity index (χ0n) is 15.1. The number of thioether (sulfide) groups is 1. The molecule has 1 heterocycles. The second-order valence-corrected chi connectivity index (χ2v) is 9.84. The summed E-state index contributed by atoms with van der Waals surface area (Å²) >= 11 is 1.15. The van der Waals surface area contributed by atoms with Crippen LogP contribution >= 0.6 is 11.8 Å². The topological polar surface area (TPSA) is 108 Å². The molecular formula is C16H24N4O4S2. The van der Waals surface area contributed by atoms with Gasteiger partial charge in [0.2, 0.25) is 15.9 Å². The third kappa shape index (κ3) is 5.42. The van der Waals surface area contributed by atoms with Gasteiger partial charge >= 0.3 is 6.03 Å². The molecule has 0 radical (unpaired) electrons. The second-order valence-electron chi connectivity index (χ2n) is 6.32. The molecule has 2 N–H and O–H groups in total. The van der Waals surface area contributed by atoms with Crippen LogP contribution in [0.1, 0.15) is 32.6 Å². The van der Waals surface area contributed by atoms with E-state index in [2.05, 4.69) is 15.6 Å². The molecule has 1 aliphatic carbocycles. The van der Waals surface area contributed by atoms with Gasteiger partial charge in [0.25, 0.3) is 0 Å². The van der Waals surface area contributed by atoms with Crippen molar-refractivity contribution in [3.05, 3.63) is 18.3 Å². The molecule has 1 atom stereocenters. The molecule has 1 saturated carbocycles. The maximum atomic E-state index is 12.1. The second kappa shape index (κ2) is 8.83. The minimum absolute atomic E-state index is 0.0832. The Kier molecular flexibility index (Phi) is 7.01. The predicted molar refractivity (Wildman–Crippen MR) is 99.4 cm³/mol. The van der Waals surface area contributed by atoms with Crippen LogP contribution in [0.3, 0.4) is 0 Å². The normalized spacial score (nSPS) is 16.5. The highest BCUT2D eigenvalue weighted by Crippen LogP contribution is 2.23. The maximum Gasteiger partial charge on any atom is 0.321 e. The Morgan fingerprint density at radius 2 is 1.92 bits per heavy atom. The summed E-state index contributed by atoms with van der Waals surface area (Å²) in [5.41, 5.74) is 0. The van der Waals surface area contributed by atoms with Crippen LogP contribution in [0.25, 0.3) is 0 Å². The first-order chi connectivity index (χ1) is 12.2. The van der Waals surface area contributed by atoms with Crippen LogP contribution in [-0.4, -0.2) is 55.0 Å². The van der Waals surface area contributed by atoms with E-state index in [1.807, 2.05) is 0 Å². The number of nitrogens with zero attached hydrogens (tertiary/aromatic N) is 2. The van der Waals surface area contributed by atoms with Gasteiger partial charge in [-0.25, -0.2) is 22.5 Å². The standard InChI is InChI=1S/C16H24N4O4S2/c1-11(15(21)19-16(22)18-12-6-4-5-7-12)25-14-9-8-13(10-17-14)26(23,24)20(2)3/h8-12H,4-7H2,1-3H3,(H2,18,19,21,22). The van der Waals surface area contributed by atoms with Gasteiger partial charge in [-0.3, -0.25) is 10.1 Å². The summed E-state index contributed by atoms with van der Waals surface area (Å²) in [7, 11) is -0.646. The summed E-state index contributed by atoms with van der Waals surface area (Å²) in [6.45, 7) is 1.66. The molecule has 2 rings (SSSR count). The minimum Gasteiger partial charge on any atom is -0.335 e. The third-order valence-corrected chi connectivity index (χ3v) is 6.93. The predicted octanol–water partition coefficient (Wildman–Crippen LogP) is 1.58. The van der Waals surface area contributed by atoms with Gasteiger partial charge in [-0.15, -0.1) is 0 Å². The van der Waals surface area contributed by atoms with Crippen molar-refractivity contribution in [2.45, 2.75) is 53.8 Å². The lowest BCUT2D eigenvalue weighted by Gasteiger charge is -2.15. The first kappa shape index (κ1) is 20.7. The van der Waals surface area contributed by atoms with Crippen LogP contribution < -0.4 is 10.6 Å². The van der Waals surface area contributed by atoms with Crippen molar-refractivity contribution < 1.29 is 18.0 Å². The van der Waals surface area contributed by atoms with Gasteiger partial charge in [-0.2, -0.15) is 0 Å². The minimum atomic E-state index is -3.54. The molecule has 0 spiro atoms. The molecular weight excluding hydrogens is 376 g/mol. The highest BCUT2D eigenvalue weighted by atomic mass is 32.2. The van der Waals surface area contributed by atoms with E-state index in [0.29, 0.717) is 5.03 Å². The van der Waals surface area contributed by atoms with E-state index < -0.39 is 27.2 Å². The molecule has 1 aromatic rings. The molecule has 0 bridgehead atoms. The van der Waals surface area contributed by atoms with Crippen molar-refractivity contribution in [2.75, 3.05) is 14.1 Å². The van der Waals surface area contributed by atoms with Crippen molar-refractivity contribution in [1.29, 1.82) is 0 Å². The molecule has 0 aromatic carbocycles. The summed E-state index contributed by atoms with van der Waals surface area (Å²) in [6.07, 6.45) is 5.33. The number of pyridine rings is 1. The molecule has 1 fully saturated rings. The number of carbonyl (C=O) groups is 2. The fourth-order valence-electron chi connectivity index (χ4n) is 2.54. The number of sulfonamides is 1. The average Bonchev–Trinajstić information content (AvgIpc) is 3.07. The van der Waals surface area contributed by atoms with Crippen molar-refractivity contribution in [3.63, 3.8) is 0 Å². The van der Waals surface area contributed by atoms with E-state index in [1.165, 1.54) is 26.4 Å². The van der Waals surface area contributed by atoms with Crippen LogP contribution in [0.15, 0.2) is 28.3 Å². The number of nitrogens with one attached hydrogen (secondary N) is 2. The lowest BCUT2D eigenvalue weighted by Crippen LogP contribution is -2.45. The SMILES string of the molecule is CC(Sc1ccc(S(=O)(=O)N(C)C)cn1)C(=O)NC(=O)NC1CCCC1. The summed E-state index contributed by atoms with van der Waals surface area (Å²) in [5, 5.41) is 5.09. The molecule has 0 saturated heterocycles. The smallest absolute Gasteiger partial charge is 0.321 e. The number of aromatic nitrogens is 1. The van der Waals surface area contributed by atoms with Gasteiger partial charge < -0.3 is 5.32 Å². The van der Waals surface area contributed by atoms with E-state index in [-0.39, 0.29) is 10.9 Å². The fourth-order valence-corrected chi connectivity index (χ4v) is 4.18. The molecule has 144 valence electrons. The van der Waals surface area contributed by atoms with E-state index in [1.54, 1.807) is 13.0 Å². The largest absolute Gasteiger partial charge is 0.335 e. The van der Waals surface area contributed by atoms with Crippen molar-refractivity contribution in [1.82, 2.24) is 19.9 Å². The van der Waals surface area contributed by atoms with Crippen molar-refractivity contribution in [3.8, 4) is 0 Å². The Bertz CT molecular complexity index is 744. The molecule has 10 heteroatoms. The number of rotatable bonds is 6. The van der Waals surface area contributed by atoms with Gasteiger partial charge in [0.15, 0.2) is 0 Å². The number of imide groups is 1. The fraction of sp³-hybridized carbons (Fsp3) is 0.562. The van der Waals surface area contributed by atoms with E-state index in [0.717, 1.165) is 41.8 Å². The number of urea groups is 1. The van der Waals surface area contributed by atoms with Gasteiger partial charge in [-0.1, -0.05) is 24.6 Å². The van der Waals surface area contributed by atoms with Gasteiger partial charge in [-0.05, 0) is 31.9 Å². The van der Waals surface area contributed by atoms with Crippen LogP contribution in [0.5, 0.6) is 0 Å². The lowest BCUT2D eigenvalue weighted by atomic mass is 10.2. The van der Waals surface area contributed by atoms with E-state index >= 15 is 0 Å². The van der Waals surface area contributed by atoms with Crippen LogP contribution in [0, 0.1) is 0 Å². The number of amides is 3. The number of hydrogen-bond donors (Lipinski definition) is 2. The molecule has 8 nitrogen and oxygen atoms in total. The van der Waals surface area contributed by atoms with E-state index in [9.17, 15) is 18.0 Å². The molecule has 26 heavy (non-hydrogen) atoms. The number of carbonyl (C=O) groups excluding carboxylic acids is 2. The summed E-state index contributed by atoms with van der Waals surface area (Å²) in [6, 6.07) is 2.65. The Labute approximate surface area is 158 Å². The van der Waals surface area contributed by atoms with Gasteiger partial charge in [0.1, 0.15) is 4.90 Å². The van der Waals surface area contributed by atoms with Gasteiger partial charge in [0, 0.05) is 26.3 Å². The highest BCUT2D eigenvalue weighted by molar-refractivity contribution is 8.00. The molecule has 0 aliphatic heterocycles. The number of hydrogen-bond acceptors (Lipinski definition) is 6. The summed E-state index contributed by atoms with van der Waals surface area (Å²) in [5.74, 6) is -0.419. The molecule has 3 amide bonds. The zero-order chi connectivity index (χ0) is 19.3. The Balaban J connectivity index is 1.89. The Hall–Kier alpha value is -1.65. The molecule has 1 unspecified atom stereocenters. The highest BCUT2D eigenvalue weighted by Gasteiger charge is 2.22. The monoisotopic (exact) mass is 400 g/mol. The lowest BCUT2D eigenvalue weighted by molar-refractivity contribution is -0.119. The van der Waals surface area contributed by atoms with Crippen LogP contribution in [-0.2, 0) is 14.8 Å². The quantitative estimate of drug-likeness (QED) is 0.702. The third-order valence-electron chi connectivity index (χ3n) is 4.08. The summed E-state index contributed by atoms with van der Waals surface area (Å²) < 4.78 is 25.1. The molecule has 1 aliphatic rings. The van der Waals surface area contributed by atoms with Crippen LogP contribution in [0.4, 0.5) is 4.79 Å². The van der Waals surface area contributed by atoms with Crippen LogP contribution in [0.2, 0.25) is 0 Å². The zero-order valence-corrected chi connectivity index (χ0v) is 16.7. The summed E-state index contributed by atoms with van der Waals surface area (Å²) in [4.78, 5) is 28.1. The first-order valence-electron chi connectivity index (χ1n) is 8.36. The Morgan fingerprint density at radius 3 is 2.46 bits per heavy atom. The van der Waals surface area contributed by atoms with Crippen molar-refractivity contribution >= 4 is 33.7 Å². The van der Waals surface area contributed by atoms with E-state index in [4.69, 9.17) is 0 Å². The first-order valence-corrected chi connectivity index (χ1v) is 10.7. The van der Waals surface area contributed by atoms with Crippen molar-refractivity contribution in [2.24, 2.45) is 0 Å². The van der Waals surface area contributed by atoms with Gasteiger partial charge in [0.05, 0.1) is 10.3 Å². The average molecular weight is 401 g/mol. The molecule has 1 aromatic heterocycles.